The van der Waals surface area contributed by atoms with Crippen molar-refractivity contribution in [3.8, 4) is 0 Å². The SMILES string of the molecule is CN=C(NCC(c1cccc(C)c1)N1CCOCC1)NC1CCCC1.I. The first-order chi connectivity index (χ1) is 12.3. The van der Waals surface area contributed by atoms with Crippen molar-refractivity contribution in [1.82, 2.24) is 15.5 Å². The van der Waals surface area contributed by atoms with Crippen LogP contribution in [0.3, 0.4) is 0 Å². The minimum atomic E-state index is 0. The van der Waals surface area contributed by atoms with Gasteiger partial charge in [0.25, 0.3) is 0 Å². The number of aliphatic imine (C=N–C) groups is 1. The van der Waals surface area contributed by atoms with Gasteiger partial charge in [0.05, 0.1) is 19.3 Å². The van der Waals surface area contributed by atoms with Crippen molar-refractivity contribution in [2.45, 2.75) is 44.7 Å². The van der Waals surface area contributed by atoms with Crippen LogP contribution in [0.25, 0.3) is 0 Å². The predicted octanol–water partition coefficient (Wildman–Crippen LogP) is 3.09. The number of morpholine rings is 1. The van der Waals surface area contributed by atoms with Gasteiger partial charge in [-0.25, -0.2) is 0 Å². The summed E-state index contributed by atoms with van der Waals surface area (Å²) in [6.45, 7) is 6.61. The maximum Gasteiger partial charge on any atom is 0.191 e. The third kappa shape index (κ3) is 6.09. The van der Waals surface area contributed by atoms with E-state index in [0.717, 1.165) is 38.8 Å². The van der Waals surface area contributed by atoms with Gasteiger partial charge in [0.1, 0.15) is 0 Å². The summed E-state index contributed by atoms with van der Waals surface area (Å²) in [5.74, 6) is 0.929. The lowest BCUT2D eigenvalue weighted by molar-refractivity contribution is 0.0170. The summed E-state index contributed by atoms with van der Waals surface area (Å²) < 4.78 is 5.55. The fourth-order valence-electron chi connectivity index (χ4n) is 3.88. The van der Waals surface area contributed by atoms with E-state index in [1.807, 2.05) is 7.05 Å². The van der Waals surface area contributed by atoms with E-state index in [2.05, 4.69) is 51.7 Å². The van der Waals surface area contributed by atoms with Crippen LogP contribution in [0, 0.1) is 6.92 Å². The third-order valence-corrected chi connectivity index (χ3v) is 5.30. The molecule has 1 saturated carbocycles. The molecule has 1 unspecified atom stereocenters. The summed E-state index contributed by atoms with van der Waals surface area (Å²) in [5.41, 5.74) is 2.68. The zero-order chi connectivity index (χ0) is 17.5. The second kappa shape index (κ2) is 11.1. The van der Waals surface area contributed by atoms with Crippen molar-refractivity contribution in [2.24, 2.45) is 4.99 Å². The van der Waals surface area contributed by atoms with E-state index < -0.39 is 0 Å². The van der Waals surface area contributed by atoms with Gasteiger partial charge in [-0.15, -0.1) is 24.0 Å². The minimum Gasteiger partial charge on any atom is -0.379 e. The third-order valence-electron chi connectivity index (χ3n) is 5.30. The second-order valence-electron chi connectivity index (χ2n) is 7.16. The number of hydrogen-bond acceptors (Lipinski definition) is 3. The molecule has 1 aromatic carbocycles. The lowest BCUT2D eigenvalue weighted by Gasteiger charge is -2.35. The zero-order valence-corrected chi connectivity index (χ0v) is 18.4. The zero-order valence-electron chi connectivity index (χ0n) is 16.0. The molecule has 1 aromatic rings. The Bertz CT molecular complexity index is 569. The molecule has 2 fully saturated rings. The lowest BCUT2D eigenvalue weighted by atomic mass is 10.0. The highest BCUT2D eigenvalue weighted by Crippen LogP contribution is 2.22. The van der Waals surface area contributed by atoms with Gasteiger partial charge < -0.3 is 15.4 Å². The highest BCUT2D eigenvalue weighted by atomic mass is 127. The van der Waals surface area contributed by atoms with Gasteiger partial charge in [-0.2, -0.15) is 0 Å². The molecule has 5 nitrogen and oxygen atoms in total. The minimum absolute atomic E-state index is 0. The number of halogens is 1. The van der Waals surface area contributed by atoms with Crippen LogP contribution in [-0.4, -0.2) is 56.8 Å². The van der Waals surface area contributed by atoms with Gasteiger partial charge >= 0.3 is 0 Å². The van der Waals surface area contributed by atoms with Crippen molar-refractivity contribution in [3.05, 3.63) is 35.4 Å². The first-order valence-electron chi connectivity index (χ1n) is 9.62. The summed E-state index contributed by atoms with van der Waals surface area (Å²) in [5, 5.41) is 7.15. The van der Waals surface area contributed by atoms with Gasteiger partial charge in [0.2, 0.25) is 0 Å². The number of nitrogens with one attached hydrogen (secondary N) is 2. The molecule has 0 spiro atoms. The molecular weight excluding hydrogens is 439 g/mol. The molecule has 1 aliphatic carbocycles. The van der Waals surface area contributed by atoms with E-state index >= 15 is 0 Å². The van der Waals surface area contributed by atoms with Crippen LogP contribution in [-0.2, 0) is 4.74 Å². The molecule has 26 heavy (non-hydrogen) atoms. The number of rotatable bonds is 5. The Morgan fingerprint density at radius 1 is 1.27 bits per heavy atom. The van der Waals surface area contributed by atoms with Gasteiger partial charge in [-0.1, -0.05) is 42.7 Å². The summed E-state index contributed by atoms with van der Waals surface area (Å²) >= 11 is 0. The predicted molar refractivity (Wildman–Crippen MR) is 118 cm³/mol. The number of guanidine groups is 1. The first-order valence-corrected chi connectivity index (χ1v) is 9.62. The maximum atomic E-state index is 5.55. The smallest absolute Gasteiger partial charge is 0.191 e. The van der Waals surface area contributed by atoms with Crippen LogP contribution in [0.5, 0.6) is 0 Å². The monoisotopic (exact) mass is 472 g/mol. The number of aryl methyl sites for hydroxylation is 1. The van der Waals surface area contributed by atoms with Crippen LogP contribution >= 0.6 is 24.0 Å². The van der Waals surface area contributed by atoms with Gasteiger partial charge in [0.15, 0.2) is 5.96 Å². The summed E-state index contributed by atoms with van der Waals surface area (Å²) in [7, 11) is 1.86. The summed E-state index contributed by atoms with van der Waals surface area (Å²) in [6.07, 6.45) is 5.17. The average molecular weight is 472 g/mol. The van der Waals surface area contributed by atoms with E-state index in [0.29, 0.717) is 12.1 Å². The standard InChI is InChI=1S/C20H32N4O.HI/c1-16-6-5-7-17(14-16)19(24-10-12-25-13-11-24)15-22-20(21-2)23-18-8-3-4-9-18;/h5-7,14,18-19H,3-4,8-13,15H2,1-2H3,(H2,21,22,23);1H. The average Bonchev–Trinajstić information content (AvgIpc) is 3.15. The fraction of sp³-hybridized carbons (Fsp3) is 0.650. The Morgan fingerprint density at radius 3 is 2.65 bits per heavy atom. The Balaban J connectivity index is 0.00000243. The van der Waals surface area contributed by atoms with Gasteiger partial charge in [-0.3, -0.25) is 9.89 Å². The molecule has 3 rings (SSSR count). The molecule has 1 atom stereocenters. The van der Waals surface area contributed by atoms with Crippen molar-refractivity contribution in [1.29, 1.82) is 0 Å². The summed E-state index contributed by atoms with van der Waals surface area (Å²) in [6, 6.07) is 9.77. The number of hydrogen-bond donors (Lipinski definition) is 2. The van der Waals surface area contributed by atoms with E-state index in [-0.39, 0.29) is 24.0 Å². The van der Waals surface area contributed by atoms with Crippen molar-refractivity contribution >= 4 is 29.9 Å². The summed E-state index contributed by atoms with van der Waals surface area (Å²) in [4.78, 5) is 6.95. The molecule has 6 heteroatoms. The molecule has 2 N–H and O–H groups in total. The molecule has 1 saturated heterocycles. The molecule has 1 aliphatic heterocycles. The van der Waals surface area contributed by atoms with E-state index in [4.69, 9.17) is 4.74 Å². The van der Waals surface area contributed by atoms with Crippen molar-refractivity contribution in [3.63, 3.8) is 0 Å². The molecule has 0 amide bonds. The van der Waals surface area contributed by atoms with Crippen molar-refractivity contribution in [2.75, 3.05) is 39.9 Å². The van der Waals surface area contributed by atoms with Crippen LogP contribution < -0.4 is 10.6 Å². The molecule has 2 aliphatic rings. The van der Waals surface area contributed by atoms with E-state index in [1.54, 1.807) is 0 Å². The molecule has 0 bridgehead atoms. The van der Waals surface area contributed by atoms with Crippen LogP contribution in [0.15, 0.2) is 29.3 Å². The second-order valence-corrected chi connectivity index (χ2v) is 7.16. The van der Waals surface area contributed by atoms with Crippen LogP contribution in [0.1, 0.15) is 42.9 Å². The Kier molecular flexibility index (Phi) is 9.15. The molecule has 1 heterocycles. The Hall–Kier alpha value is -0.860. The van der Waals surface area contributed by atoms with Gasteiger partial charge in [-0.05, 0) is 25.3 Å². The molecule has 0 radical (unpaired) electrons. The Morgan fingerprint density at radius 2 is 2.00 bits per heavy atom. The lowest BCUT2D eigenvalue weighted by Crippen LogP contribution is -2.48. The maximum absolute atomic E-state index is 5.55. The fourth-order valence-corrected chi connectivity index (χ4v) is 3.88. The number of nitrogens with zero attached hydrogens (tertiary/aromatic N) is 2. The van der Waals surface area contributed by atoms with E-state index in [1.165, 1.54) is 36.8 Å². The van der Waals surface area contributed by atoms with E-state index in [9.17, 15) is 0 Å². The first kappa shape index (κ1) is 21.4. The van der Waals surface area contributed by atoms with Crippen LogP contribution in [0.2, 0.25) is 0 Å². The quantitative estimate of drug-likeness (QED) is 0.393. The molecular formula is C20H33IN4O. The largest absolute Gasteiger partial charge is 0.379 e. The normalized spacial score (nSPS) is 20.5. The van der Waals surface area contributed by atoms with Crippen LogP contribution in [0.4, 0.5) is 0 Å². The number of ether oxygens (including phenoxy) is 1. The Labute approximate surface area is 175 Å². The number of benzene rings is 1. The highest BCUT2D eigenvalue weighted by Gasteiger charge is 2.23. The molecule has 0 aromatic heterocycles. The highest BCUT2D eigenvalue weighted by molar-refractivity contribution is 14.0. The van der Waals surface area contributed by atoms with Crippen molar-refractivity contribution < 1.29 is 4.74 Å². The van der Waals surface area contributed by atoms with Gasteiger partial charge in [0, 0.05) is 32.7 Å². The topological polar surface area (TPSA) is 48.9 Å². The molecule has 146 valence electrons.